The molecule has 0 radical (unpaired) electrons. The Morgan fingerprint density at radius 1 is 1.14 bits per heavy atom. The first kappa shape index (κ1) is 16.1. The molecule has 0 unspecified atom stereocenters. The number of benzene rings is 1. The third-order valence-corrected chi connectivity index (χ3v) is 5.41. The van der Waals surface area contributed by atoms with Crippen LogP contribution < -0.4 is 14.2 Å². The van der Waals surface area contributed by atoms with Crippen LogP contribution >= 0.6 is 0 Å². The van der Waals surface area contributed by atoms with Gasteiger partial charge in [-0.2, -0.15) is 0 Å². The van der Waals surface area contributed by atoms with Crippen molar-refractivity contribution in [3.05, 3.63) is 18.2 Å². The molecule has 2 rings (SSSR count). The minimum absolute atomic E-state index is 0.154. The van der Waals surface area contributed by atoms with Gasteiger partial charge in [-0.05, 0) is 30.9 Å². The van der Waals surface area contributed by atoms with Crippen LogP contribution in [0, 0.1) is 5.92 Å². The Balaban J connectivity index is 2.11. The maximum absolute atomic E-state index is 12.4. The maximum atomic E-state index is 12.4. The molecule has 0 heterocycles. The Kier molecular flexibility index (Phi) is 5.47. The Morgan fingerprint density at radius 2 is 1.86 bits per heavy atom. The minimum atomic E-state index is -3.56. The maximum Gasteiger partial charge on any atom is 0.244 e. The molecule has 0 aliphatic heterocycles. The molecule has 1 aliphatic carbocycles. The van der Waals surface area contributed by atoms with Crippen LogP contribution in [0.15, 0.2) is 23.1 Å². The summed E-state index contributed by atoms with van der Waals surface area (Å²) in [5.41, 5.74) is 0. The van der Waals surface area contributed by atoms with E-state index in [9.17, 15) is 8.42 Å². The number of hydrogen-bond donors (Lipinski definition) is 1. The molecular formula is C15H23NO4S. The number of hydrogen-bond acceptors (Lipinski definition) is 4. The summed E-state index contributed by atoms with van der Waals surface area (Å²) in [4.78, 5) is 0.154. The van der Waals surface area contributed by atoms with Crippen LogP contribution in [0.1, 0.15) is 32.1 Å². The number of methoxy groups -OCH3 is 2. The largest absolute Gasteiger partial charge is 0.497 e. The Hall–Kier alpha value is -1.27. The highest BCUT2D eigenvalue weighted by atomic mass is 32.2. The summed E-state index contributed by atoms with van der Waals surface area (Å²) in [6, 6.07) is 4.72. The second kappa shape index (κ2) is 7.13. The molecule has 1 aromatic rings. The van der Waals surface area contributed by atoms with E-state index in [4.69, 9.17) is 9.47 Å². The van der Waals surface area contributed by atoms with Crippen LogP contribution in [0.2, 0.25) is 0 Å². The number of rotatable bonds is 6. The lowest BCUT2D eigenvalue weighted by Gasteiger charge is -2.22. The first-order chi connectivity index (χ1) is 10.1. The third kappa shape index (κ3) is 4.11. The monoisotopic (exact) mass is 313 g/mol. The number of sulfonamides is 1. The Labute approximate surface area is 126 Å². The van der Waals surface area contributed by atoms with E-state index in [-0.39, 0.29) is 4.90 Å². The zero-order valence-corrected chi connectivity index (χ0v) is 13.4. The van der Waals surface area contributed by atoms with Crippen LogP contribution in [0.3, 0.4) is 0 Å². The highest BCUT2D eigenvalue weighted by molar-refractivity contribution is 7.89. The van der Waals surface area contributed by atoms with Gasteiger partial charge in [-0.3, -0.25) is 0 Å². The van der Waals surface area contributed by atoms with E-state index in [2.05, 4.69) is 4.72 Å². The van der Waals surface area contributed by atoms with Crippen molar-refractivity contribution in [3.63, 3.8) is 0 Å². The number of ether oxygens (including phenoxy) is 2. The summed E-state index contributed by atoms with van der Waals surface area (Å²) in [6.07, 6.45) is 5.84. The predicted molar refractivity (Wildman–Crippen MR) is 81.3 cm³/mol. The first-order valence-corrected chi connectivity index (χ1v) is 8.77. The molecular weight excluding hydrogens is 290 g/mol. The smallest absolute Gasteiger partial charge is 0.244 e. The summed E-state index contributed by atoms with van der Waals surface area (Å²) in [7, 11) is -0.573. The molecule has 0 bridgehead atoms. The van der Waals surface area contributed by atoms with Crippen molar-refractivity contribution in [2.45, 2.75) is 37.0 Å². The van der Waals surface area contributed by atoms with Crippen molar-refractivity contribution in [2.75, 3.05) is 20.8 Å². The molecule has 0 aromatic heterocycles. The van der Waals surface area contributed by atoms with Crippen molar-refractivity contribution in [1.82, 2.24) is 4.72 Å². The second-order valence-electron chi connectivity index (χ2n) is 5.37. The summed E-state index contributed by atoms with van der Waals surface area (Å²) in [5, 5.41) is 0. The van der Waals surface area contributed by atoms with Gasteiger partial charge < -0.3 is 9.47 Å². The molecule has 1 saturated carbocycles. The average Bonchev–Trinajstić information content (AvgIpc) is 2.53. The van der Waals surface area contributed by atoms with Gasteiger partial charge in [0.2, 0.25) is 10.0 Å². The Bertz CT molecular complexity index is 565. The lowest BCUT2D eigenvalue weighted by atomic mass is 9.90. The zero-order chi connectivity index (χ0) is 15.3. The predicted octanol–water partition coefficient (Wildman–Crippen LogP) is 2.56. The molecule has 5 nitrogen and oxygen atoms in total. The van der Waals surface area contributed by atoms with E-state index in [0.717, 1.165) is 12.8 Å². The molecule has 0 spiro atoms. The van der Waals surface area contributed by atoms with Gasteiger partial charge >= 0.3 is 0 Å². The molecule has 118 valence electrons. The van der Waals surface area contributed by atoms with Gasteiger partial charge in [0.15, 0.2) is 0 Å². The Morgan fingerprint density at radius 3 is 2.48 bits per heavy atom. The molecule has 0 amide bonds. The standard InChI is InChI=1S/C15H23NO4S/c1-19-13-8-9-15(14(10-13)20-2)21(17,18)16-11-12-6-4-3-5-7-12/h8-10,12,16H,3-7,11H2,1-2H3. The van der Waals surface area contributed by atoms with Gasteiger partial charge in [0.05, 0.1) is 14.2 Å². The van der Waals surface area contributed by atoms with Crippen molar-refractivity contribution in [2.24, 2.45) is 5.92 Å². The van der Waals surface area contributed by atoms with Crippen molar-refractivity contribution >= 4 is 10.0 Å². The molecule has 1 aromatic carbocycles. The SMILES string of the molecule is COc1ccc(S(=O)(=O)NCC2CCCCC2)c(OC)c1. The molecule has 0 atom stereocenters. The van der Waals surface area contributed by atoms with Crippen LogP contribution in [0.5, 0.6) is 11.5 Å². The third-order valence-electron chi connectivity index (χ3n) is 3.95. The molecule has 1 N–H and O–H groups in total. The summed E-state index contributed by atoms with van der Waals surface area (Å²) < 4.78 is 37.8. The fourth-order valence-electron chi connectivity index (χ4n) is 2.69. The fraction of sp³-hybridized carbons (Fsp3) is 0.600. The van der Waals surface area contributed by atoms with Gasteiger partial charge in [-0.15, -0.1) is 0 Å². The van der Waals surface area contributed by atoms with Gasteiger partial charge in [0.25, 0.3) is 0 Å². The second-order valence-corrected chi connectivity index (χ2v) is 7.11. The van der Waals surface area contributed by atoms with Crippen molar-refractivity contribution in [3.8, 4) is 11.5 Å². The van der Waals surface area contributed by atoms with E-state index < -0.39 is 10.0 Å². The molecule has 6 heteroatoms. The van der Waals surface area contributed by atoms with Gasteiger partial charge in [-0.25, -0.2) is 13.1 Å². The molecule has 0 saturated heterocycles. The minimum Gasteiger partial charge on any atom is -0.497 e. The average molecular weight is 313 g/mol. The van der Waals surface area contributed by atoms with E-state index >= 15 is 0 Å². The van der Waals surface area contributed by atoms with Crippen LogP contribution in [-0.4, -0.2) is 29.2 Å². The number of nitrogens with one attached hydrogen (secondary N) is 1. The summed E-state index contributed by atoms with van der Waals surface area (Å²) in [5.74, 6) is 1.31. The van der Waals surface area contributed by atoms with E-state index in [1.807, 2.05) is 0 Å². The van der Waals surface area contributed by atoms with E-state index in [1.54, 1.807) is 12.1 Å². The topological polar surface area (TPSA) is 64.6 Å². The van der Waals surface area contributed by atoms with Crippen molar-refractivity contribution < 1.29 is 17.9 Å². The summed E-state index contributed by atoms with van der Waals surface area (Å²) >= 11 is 0. The molecule has 1 aliphatic rings. The van der Waals surface area contributed by atoms with Crippen LogP contribution in [0.25, 0.3) is 0 Å². The van der Waals surface area contributed by atoms with Crippen molar-refractivity contribution in [1.29, 1.82) is 0 Å². The van der Waals surface area contributed by atoms with Gasteiger partial charge in [0.1, 0.15) is 16.4 Å². The highest BCUT2D eigenvalue weighted by Crippen LogP contribution is 2.29. The van der Waals surface area contributed by atoms with Crippen LogP contribution in [-0.2, 0) is 10.0 Å². The van der Waals surface area contributed by atoms with Crippen LogP contribution in [0.4, 0.5) is 0 Å². The lowest BCUT2D eigenvalue weighted by molar-refractivity contribution is 0.356. The van der Waals surface area contributed by atoms with Gasteiger partial charge in [-0.1, -0.05) is 19.3 Å². The summed E-state index contributed by atoms with van der Waals surface area (Å²) in [6.45, 7) is 0.498. The molecule has 1 fully saturated rings. The quantitative estimate of drug-likeness (QED) is 0.876. The zero-order valence-electron chi connectivity index (χ0n) is 12.6. The van der Waals surface area contributed by atoms with E-state index in [1.165, 1.54) is 39.5 Å². The highest BCUT2D eigenvalue weighted by Gasteiger charge is 2.22. The fourth-order valence-corrected chi connectivity index (χ4v) is 3.96. The van der Waals surface area contributed by atoms with E-state index in [0.29, 0.717) is 24.0 Å². The normalized spacial score (nSPS) is 16.7. The molecule has 21 heavy (non-hydrogen) atoms. The first-order valence-electron chi connectivity index (χ1n) is 7.28. The lowest BCUT2D eigenvalue weighted by Crippen LogP contribution is -2.30. The van der Waals surface area contributed by atoms with Gasteiger partial charge in [0, 0.05) is 12.6 Å².